The Kier molecular flexibility index (Phi) is 7.55. The number of esters is 1. The summed E-state index contributed by atoms with van der Waals surface area (Å²) >= 11 is 0. The van der Waals surface area contributed by atoms with Gasteiger partial charge in [0.25, 0.3) is 0 Å². The van der Waals surface area contributed by atoms with Gasteiger partial charge in [0.1, 0.15) is 6.61 Å². The van der Waals surface area contributed by atoms with Crippen LogP contribution in [0.2, 0.25) is 0 Å². The third-order valence-corrected chi connectivity index (χ3v) is 3.78. The highest BCUT2D eigenvalue weighted by Crippen LogP contribution is 2.12. The number of hydrogen-bond donors (Lipinski definition) is 1. The van der Waals surface area contributed by atoms with Crippen LogP contribution < -0.4 is 5.32 Å². The first-order valence-corrected chi connectivity index (χ1v) is 8.71. The van der Waals surface area contributed by atoms with Gasteiger partial charge in [0.05, 0.1) is 0 Å². The van der Waals surface area contributed by atoms with Crippen molar-refractivity contribution in [2.75, 3.05) is 6.54 Å². The van der Waals surface area contributed by atoms with Gasteiger partial charge >= 0.3 is 5.97 Å². The smallest absolute Gasteiger partial charge is 0.306 e. The van der Waals surface area contributed by atoms with Crippen molar-refractivity contribution in [1.82, 2.24) is 5.32 Å². The fourth-order valence-electron chi connectivity index (χ4n) is 2.18. The van der Waals surface area contributed by atoms with Crippen LogP contribution in [0.25, 0.3) is 0 Å². The maximum absolute atomic E-state index is 12.2. The first-order chi connectivity index (χ1) is 12.6. The first kappa shape index (κ1) is 19.4. The van der Waals surface area contributed by atoms with Crippen LogP contribution in [0.15, 0.2) is 54.6 Å². The average Bonchev–Trinajstić information content (AvgIpc) is 2.66. The lowest BCUT2D eigenvalue weighted by atomic mass is 10.0. The van der Waals surface area contributed by atoms with Gasteiger partial charge in [-0.3, -0.25) is 14.4 Å². The van der Waals surface area contributed by atoms with Gasteiger partial charge in [0.2, 0.25) is 5.91 Å². The molecular formula is C21H23NO4. The second-order valence-corrected chi connectivity index (χ2v) is 5.90. The molecule has 1 saturated heterocycles. The Labute approximate surface area is 153 Å². The Morgan fingerprint density at radius 2 is 1.58 bits per heavy atom. The molecule has 0 bridgehead atoms. The number of β-lactam (4-membered cyclic amide) rings is 1. The van der Waals surface area contributed by atoms with Crippen molar-refractivity contribution in [3.8, 4) is 0 Å². The lowest BCUT2D eigenvalue weighted by Gasteiger charge is -2.10. The third-order valence-electron chi connectivity index (χ3n) is 3.78. The summed E-state index contributed by atoms with van der Waals surface area (Å²) in [5.41, 5.74) is 2.17. The van der Waals surface area contributed by atoms with E-state index in [1.165, 1.54) is 0 Å². The topological polar surface area (TPSA) is 72.5 Å². The van der Waals surface area contributed by atoms with Gasteiger partial charge in [-0.15, -0.1) is 0 Å². The van der Waals surface area contributed by atoms with Gasteiger partial charge in [-0.2, -0.15) is 0 Å². The zero-order valence-corrected chi connectivity index (χ0v) is 14.9. The number of hydrogen-bond acceptors (Lipinski definition) is 4. The Bertz CT molecular complexity index is 732. The van der Waals surface area contributed by atoms with Crippen molar-refractivity contribution < 1.29 is 19.1 Å². The summed E-state index contributed by atoms with van der Waals surface area (Å²) < 4.78 is 5.13. The molecular weight excluding hydrogens is 330 g/mol. The number of nitrogens with one attached hydrogen (secondary N) is 1. The Hall–Kier alpha value is -2.95. The lowest BCUT2D eigenvalue weighted by molar-refractivity contribution is -0.145. The highest BCUT2D eigenvalue weighted by molar-refractivity contribution is 6.08. The van der Waals surface area contributed by atoms with E-state index in [1.54, 1.807) is 24.3 Å². The molecule has 0 radical (unpaired) electrons. The van der Waals surface area contributed by atoms with Gasteiger partial charge in [-0.05, 0) is 12.0 Å². The van der Waals surface area contributed by atoms with E-state index in [0.29, 0.717) is 17.5 Å². The summed E-state index contributed by atoms with van der Waals surface area (Å²) in [5, 5.41) is 2.57. The van der Waals surface area contributed by atoms with Crippen LogP contribution in [0.4, 0.5) is 0 Å². The average molecular weight is 353 g/mol. The summed E-state index contributed by atoms with van der Waals surface area (Å²) in [4.78, 5) is 33.3. The quantitative estimate of drug-likeness (QED) is 0.491. The molecule has 5 heteroatoms. The van der Waals surface area contributed by atoms with Crippen molar-refractivity contribution in [2.45, 2.75) is 32.8 Å². The van der Waals surface area contributed by atoms with E-state index in [4.69, 9.17) is 4.74 Å². The normalized spacial score (nSPS) is 12.1. The highest BCUT2D eigenvalue weighted by atomic mass is 16.5. The lowest BCUT2D eigenvalue weighted by Crippen LogP contribution is -2.37. The van der Waals surface area contributed by atoms with Crippen LogP contribution in [0.1, 0.15) is 47.7 Å². The van der Waals surface area contributed by atoms with E-state index in [9.17, 15) is 14.4 Å². The largest absolute Gasteiger partial charge is 0.461 e. The predicted octanol–water partition coefficient (Wildman–Crippen LogP) is 3.27. The number of amides is 1. The molecule has 26 heavy (non-hydrogen) atoms. The molecule has 0 spiro atoms. The van der Waals surface area contributed by atoms with Crippen molar-refractivity contribution >= 4 is 17.7 Å². The molecule has 0 atom stereocenters. The van der Waals surface area contributed by atoms with Crippen LogP contribution in [0.3, 0.4) is 0 Å². The monoisotopic (exact) mass is 353 g/mol. The van der Waals surface area contributed by atoms with Crippen molar-refractivity contribution in [2.24, 2.45) is 0 Å². The molecule has 0 aliphatic carbocycles. The highest BCUT2D eigenvalue weighted by Gasteiger charge is 2.09. The maximum atomic E-state index is 12.2. The number of carbonyl (C=O) groups is 3. The van der Waals surface area contributed by atoms with Gasteiger partial charge in [-0.1, -0.05) is 61.5 Å². The van der Waals surface area contributed by atoms with Crippen LogP contribution in [0, 0.1) is 0 Å². The standard InChI is InChI=1S/C18H18O3.C3H5NO/c1-2-6-17(19)21-13-14-9-11-16(12-10-14)18(20)15-7-4-3-5-8-15;5-3-1-2-4-3/h3-5,7-12H,2,6,13H2,1H3;1-2H2,(H,4,5). The molecule has 1 aliphatic rings. The molecule has 1 fully saturated rings. The molecule has 0 unspecified atom stereocenters. The molecule has 1 aliphatic heterocycles. The molecule has 2 aromatic rings. The number of ether oxygens (including phenoxy) is 1. The fraction of sp³-hybridized carbons (Fsp3) is 0.286. The zero-order valence-electron chi connectivity index (χ0n) is 14.9. The number of ketones is 1. The van der Waals surface area contributed by atoms with Crippen LogP contribution in [0.5, 0.6) is 0 Å². The summed E-state index contributed by atoms with van der Waals surface area (Å²) in [5.74, 6) is -0.0166. The van der Waals surface area contributed by atoms with Crippen molar-refractivity contribution in [3.05, 3.63) is 71.3 Å². The first-order valence-electron chi connectivity index (χ1n) is 8.71. The van der Waals surface area contributed by atoms with Gasteiger partial charge < -0.3 is 10.1 Å². The second-order valence-electron chi connectivity index (χ2n) is 5.90. The zero-order chi connectivity index (χ0) is 18.8. The fourth-order valence-corrected chi connectivity index (χ4v) is 2.18. The minimum absolute atomic E-state index is 0.00914. The van der Waals surface area contributed by atoms with E-state index in [0.717, 1.165) is 24.9 Å². The van der Waals surface area contributed by atoms with Crippen molar-refractivity contribution in [3.63, 3.8) is 0 Å². The van der Waals surface area contributed by atoms with E-state index in [1.807, 2.05) is 37.3 Å². The SMILES string of the molecule is CCCC(=O)OCc1ccc(C(=O)c2ccccc2)cc1.O=C1CCN1. The van der Waals surface area contributed by atoms with E-state index >= 15 is 0 Å². The van der Waals surface area contributed by atoms with Gasteiger partial charge in [0.15, 0.2) is 5.78 Å². The maximum Gasteiger partial charge on any atom is 0.306 e. The molecule has 3 rings (SSSR count). The minimum Gasteiger partial charge on any atom is -0.461 e. The van der Waals surface area contributed by atoms with Crippen LogP contribution in [-0.2, 0) is 20.9 Å². The Morgan fingerprint density at radius 3 is 2.08 bits per heavy atom. The number of benzene rings is 2. The second kappa shape index (κ2) is 10.1. The van der Waals surface area contributed by atoms with Crippen LogP contribution >= 0.6 is 0 Å². The van der Waals surface area contributed by atoms with E-state index < -0.39 is 0 Å². The van der Waals surface area contributed by atoms with E-state index in [2.05, 4.69) is 5.32 Å². The summed E-state index contributed by atoms with van der Waals surface area (Å²) in [6, 6.07) is 16.3. The molecule has 0 aromatic heterocycles. The summed E-state index contributed by atoms with van der Waals surface area (Å²) in [7, 11) is 0. The molecule has 1 heterocycles. The van der Waals surface area contributed by atoms with Gasteiger partial charge in [0, 0.05) is 30.5 Å². The molecule has 136 valence electrons. The molecule has 5 nitrogen and oxygen atoms in total. The molecule has 1 N–H and O–H groups in total. The van der Waals surface area contributed by atoms with Crippen LogP contribution in [-0.4, -0.2) is 24.2 Å². The summed E-state index contributed by atoms with van der Waals surface area (Å²) in [6.07, 6.45) is 1.95. The predicted molar refractivity (Wildman–Crippen MR) is 98.6 cm³/mol. The molecule has 2 aromatic carbocycles. The number of rotatable bonds is 6. The minimum atomic E-state index is -0.193. The number of carbonyl (C=O) groups excluding carboxylic acids is 3. The molecule has 0 saturated carbocycles. The third kappa shape index (κ3) is 6.16. The van der Waals surface area contributed by atoms with E-state index in [-0.39, 0.29) is 24.3 Å². The van der Waals surface area contributed by atoms with Crippen molar-refractivity contribution in [1.29, 1.82) is 0 Å². The Morgan fingerprint density at radius 1 is 1.00 bits per heavy atom. The summed E-state index contributed by atoms with van der Waals surface area (Å²) in [6.45, 7) is 3.07. The Balaban J connectivity index is 0.000000417. The van der Waals surface area contributed by atoms with Gasteiger partial charge in [-0.25, -0.2) is 0 Å². The molecule has 1 amide bonds.